The number of fused-ring (bicyclic) bond motifs is 1. The summed E-state index contributed by atoms with van der Waals surface area (Å²) in [6.45, 7) is 4.94. The summed E-state index contributed by atoms with van der Waals surface area (Å²) >= 11 is 3.96. The van der Waals surface area contributed by atoms with Gasteiger partial charge < -0.3 is 36.9 Å². The molecular formula is C24H35N5O6S. The van der Waals surface area contributed by atoms with E-state index in [9.17, 15) is 29.4 Å². The number of aliphatic hydroxyl groups is 1. The largest absolute Gasteiger partial charge is 0.480 e. The molecule has 0 saturated carbocycles. The molecule has 3 amide bonds. The number of aliphatic hydroxyl groups excluding tert-OH is 1. The minimum atomic E-state index is -1.26. The van der Waals surface area contributed by atoms with Crippen LogP contribution in [0.3, 0.4) is 0 Å². The Balaban J connectivity index is 2.32. The Morgan fingerprint density at radius 3 is 2.25 bits per heavy atom. The second-order valence-corrected chi connectivity index (χ2v) is 9.21. The fourth-order valence-electron chi connectivity index (χ4n) is 3.62. The van der Waals surface area contributed by atoms with Gasteiger partial charge >= 0.3 is 5.97 Å². The first-order chi connectivity index (χ1) is 17.0. The van der Waals surface area contributed by atoms with E-state index in [1.54, 1.807) is 13.1 Å². The number of benzene rings is 1. The van der Waals surface area contributed by atoms with Crippen molar-refractivity contribution in [2.75, 3.05) is 5.75 Å². The number of aliphatic carboxylic acids is 1. The van der Waals surface area contributed by atoms with Crippen LogP contribution in [0.1, 0.15) is 32.8 Å². The van der Waals surface area contributed by atoms with Crippen molar-refractivity contribution in [2.24, 2.45) is 11.7 Å². The zero-order chi connectivity index (χ0) is 27.0. The molecule has 1 heterocycles. The summed E-state index contributed by atoms with van der Waals surface area (Å²) < 4.78 is 0. The lowest BCUT2D eigenvalue weighted by Crippen LogP contribution is -2.60. The van der Waals surface area contributed by atoms with Crippen LogP contribution in [0.15, 0.2) is 30.5 Å². The minimum Gasteiger partial charge on any atom is -0.480 e. The maximum Gasteiger partial charge on any atom is 0.327 e. The molecule has 12 heteroatoms. The SMILES string of the molecule is CCC(C)C(NC(=O)C(Cc1c[nH]c2ccccc12)NC(=O)C(N)C(C)O)C(=O)NC(CS)C(=O)O. The van der Waals surface area contributed by atoms with Crippen LogP contribution in [0.25, 0.3) is 10.9 Å². The average Bonchev–Trinajstić information content (AvgIpc) is 3.26. The van der Waals surface area contributed by atoms with Gasteiger partial charge in [-0.3, -0.25) is 14.4 Å². The van der Waals surface area contributed by atoms with Crippen molar-refractivity contribution in [1.82, 2.24) is 20.9 Å². The van der Waals surface area contributed by atoms with E-state index in [1.807, 2.05) is 31.2 Å². The number of carboxylic acid groups (broad SMARTS) is 1. The third kappa shape index (κ3) is 7.45. The van der Waals surface area contributed by atoms with Crippen LogP contribution in [-0.2, 0) is 25.6 Å². The van der Waals surface area contributed by atoms with Crippen LogP contribution >= 0.6 is 12.6 Å². The van der Waals surface area contributed by atoms with Crippen LogP contribution in [0.5, 0.6) is 0 Å². The maximum atomic E-state index is 13.4. The zero-order valence-corrected chi connectivity index (χ0v) is 21.4. The molecule has 0 spiro atoms. The summed E-state index contributed by atoms with van der Waals surface area (Å²) in [5.41, 5.74) is 7.36. The van der Waals surface area contributed by atoms with Crippen LogP contribution in [0.4, 0.5) is 0 Å². The number of carbonyl (C=O) groups excluding carboxylic acids is 3. The van der Waals surface area contributed by atoms with Crippen LogP contribution in [-0.4, -0.2) is 74.9 Å². The fourth-order valence-corrected chi connectivity index (χ4v) is 3.87. The number of carboxylic acids is 1. The molecule has 0 saturated heterocycles. The molecule has 8 N–H and O–H groups in total. The average molecular weight is 522 g/mol. The Bertz CT molecular complexity index is 1070. The summed E-state index contributed by atoms with van der Waals surface area (Å²) in [5, 5.41) is 27.5. The standard InChI is InChI=1S/C24H35N5O6S/c1-4-12(2)20(23(33)28-18(11-36)24(34)35)29-21(31)17(27-22(32)19(25)13(3)30)9-14-10-26-16-8-6-5-7-15(14)16/h5-8,10,12-13,17-20,26,30,36H,4,9,11,25H2,1-3H3,(H,27,32)(H,28,33)(H,29,31)(H,34,35). The number of carbonyl (C=O) groups is 4. The molecule has 198 valence electrons. The number of para-hydroxylation sites is 1. The Kier molecular flexibility index (Phi) is 10.8. The normalized spacial score (nSPS) is 16.3. The molecule has 0 fully saturated rings. The molecule has 6 atom stereocenters. The molecule has 36 heavy (non-hydrogen) atoms. The summed E-state index contributed by atoms with van der Waals surface area (Å²) in [7, 11) is 0. The van der Waals surface area contributed by atoms with Crippen LogP contribution in [0, 0.1) is 5.92 Å². The van der Waals surface area contributed by atoms with Crippen LogP contribution < -0.4 is 21.7 Å². The molecule has 1 aromatic carbocycles. The van der Waals surface area contributed by atoms with Gasteiger partial charge in [-0.1, -0.05) is 38.5 Å². The Hall–Kier alpha value is -3.09. The quantitative estimate of drug-likeness (QED) is 0.169. The summed E-state index contributed by atoms with van der Waals surface area (Å²) in [5.74, 6) is -3.76. The van der Waals surface area contributed by atoms with Crippen molar-refractivity contribution in [3.05, 3.63) is 36.0 Å². The second kappa shape index (κ2) is 13.3. The Morgan fingerprint density at radius 1 is 1.03 bits per heavy atom. The molecule has 0 aliphatic carbocycles. The first kappa shape index (κ1) is 29.1. The van der Waals surface area contributed by atoms with E-state index in [0.29, 0.717) is 6.42 Å². The molecule has 0 bridgehead atoms. The van der Waals surface area contributed by atoms with Crippen LogP contribution in [0.2, 0.25) is 0 Å². The smallest absolute Gasteiger partial charge is 0.327 e. The number of hydrogen-bond acceptors (Lipinski definition) is 7. The van der Waals surface area contributed by atoms with Gasteiger partial charge in [0.1, 0.15) is 24.2 Å². The number of thiol groups is 1. The van der Waals surface area contributed by atoms with Crippen molar-refractivity contribution in [3.63, 3.8) is 0 Å². The number of nitrogens with two attached hydrogens (primary N) is 1. The number of amides is 3. The number of H-pyrrole nitrogens is 1. The predicted molar refractivity (Wildman–Crippen MR) is 138 cm³/mol. The molecular weight excluding hydrogens is 486 g/mol. The fraction of sp³-hybridized carbons (Fsp3) is 0.500. The van der Waals surface area contributed by atoms with E-state index in [0.717, 1.165) is 16.5 Å². The molecule has 0 aliphatic rings. The highest BCUT2D eigenvalue weighted by Gasteiger charge is 2.33. The van der Waals surface area contributed by atoms with E-state index in [1.165, 1.54) is 6.92 Å². The van der Waals surface area contributed by atoms with E-state index < -0.39 is 54.0 Å². The van der Waals surface area contributed by atoms with E-state index in [2.05, 4.69) is 33.6 Å². The third-order valence-corrected chi connectivity index (χ3v) is 6.51. The van der Waals surface area contributed by atoms with E-state index in [4.69, 9.17) is 5.73 Å². The van der Waals surface area contributed by atoms with Crippen molar-refractivity contribution in [2.45, 2.75) is 63.9 Å². The molecule has 2 rings (SSSR count). The van der Waals surface area contributed by atoms with Gasteiger partial charge in [-0.15, -0.1) is 0 Å². The first-order valence-electron chi connectivity index (χ1n) is 11.7. The molecule has 11 nitrogen and oxygen atoms in total. The number of rotatable bonds is 13. The molecule has 6 unspecified atom stereocenters. The van der Waals surface area contributed by atoms with Crippen molar-refractivity contribution in [3.8, 4) is 0 Å². The van der Waals surface area contributed by atoms with Gasteiger partial charge in [0, 0.05) is 29.3 Å². The maximum absolute atomic E-state index is 13.4. The lowest BCUT2D eigenvalue weighted by Gasteiger charge is -2.28. The van der Waals surface area contributed by atoms with Gasteiger partial charge in [0.25, 0.3) is 0 Å². The van der Waals surface area contributed by atoms with Crippen molar-refractivity contribution in [1.29, 1.82) is 0 Å². The minimum absolute atomic E-state index is 0.0807. The van der Waals surface area contributed by atoms with Gasteiger partial charge in [-0.2, -0.15) is 12.6 Å². The molecule has 0 aliphatic heterocycles. The van der Waals surface area contributed by atoms with Gasteiger partial charge in [0.05, 0.1) is 6.10 Å². The predicted octanol–water partition coefficient (Wildman–Crippen LogP) is -0.0666. The number of hydrogen-bond donors (Lipinski definition) is 8. The molecule has 1 aromatic heterocycles. The summed E-state index contributed by atoms with van der Waals surface area (Å²) in [6.07, 6.45) is 1.18. The van der Waals surface area contributed by atoms with E-state index >= 15 is 0 Å². The Morgan fingerprint density at radius 2 is 1.67 bits per heavy atom. The lowest BCUT2D eigenvalue weighted by atomic mass is 9.96. The van der Waals surface area contributed by atoms with Crippen molar-refractivity contribution < 1.29 is 29.4 Å². The van der Waals surface area contributed by atoms with E-state index in [-0.39, 0.29) is 18.1 Å². The van der Waals surface area contributed by atoms with Gasteiger partial charge in [0.15, 0.2) is 0 Å². The Labute approximate surface area is 215 Å². The number of nitrogens with one attached hydrogen (secondary N) is 4. The van der Waals surface area contributed by atoms with Crippen molar-refractivity contribution >= 4 is 47.2 Å². The second-order valence-electron chi connectivity index (χ2n) is 8.84. The monoisotopic (exact) mass is 521 g/mol. The van der Waals surface area contributed by atoms with Gasteiger partial charge in [0.2, 0.25) is 17.7 Å². The topological polar surface area (TPSA) is 187 Å². The van der Waals surface area contributed by atoms with Gasteiger partial charge in [-0.25, -0.2) is 4.79 Å². The number of aromatic nitrogens is 1. The third-order valence-electron chi connectivity index (χ3n) is 6.14. The molecule has 0 radical (unpaired) electrons. The summed E-state index contributed by atoms with van der Waals surface area (Å²) in [4.78, 5) is 53.4. The number of aromatic amines is 1. The highest BCUT2D eigenvalue weighted by atomic mass is 32.1. The first-order valence-corrected chi connectivity index (χ1v) is 12.4. The van der Waals surface area contributed by atoms with Gasteiger partial charge in [-0.05, 0) is 24.5 Å². The highest BCUT2D eigenvalue weighted by Crippen LogP contribution is 2.19. The molecule has 2 aromatic rings. The zero-order valence-electron chi connectivity index (χ0n) is 20.5. The highest BCUT2D eigenvalue weighted by molar-refractivity contribution is 7.80. The summed E-state index contributed by atoms with van der Waals surface area (Å²) in [6, 6.07) is 2.79. The lowest BCUT2D eigenvalue weighted by molar-refractivity contribution is -0.142.